The summed E-state index contributed by atoms with van der Waals surface area (Å²) in [5.74, 6) is -0.356. The first-order chi connectivity index (χ1) is 18.4. The lowest BCUT2D eigenvalue weighted by molar-refractivity contribution is -0.126. The summed E-state index contributed by atoms with van der Waals surface area (Å²) in [7, 11) is 1.81. The first kappa shape index (κ1) is 25.9. The summed E-state index contributed by atoms with van der Waals surface area (Å²) in [5, 5.41) is 7.04. The predicted octanol–water partition coefficient (Wildman–Crippen LogP) is 2.84. The number of likely N-dealkylation sites (tertiary alicyclic amines) is 2. The number of carbonyl (C=O) groups excluding carboxylic acids is 4. The molecule has 2 unspecified atom stereocenters. The first-order valence-electron chi connectivity index (χ1n) is 13.5. The van der Waals surface area contributed by atoms with Crippen molar-refractivity contribution in [3.8, 4) is 0 Å². The van der Waals surface area contributed by atoms with E-state index in [9.17, 15) is 19.2 Å². The molecule has 3 aliphatic heterocycles. The summed E-state index contributed by atoms with van der Waals surface area (Å²) in [6.07, 6.45) is 5.69. The van der Waals surface area contributed by atoms with Gasteiger partial charge < -0.3 is 14.5 Å². The smallest absolute Gasteiger partial charge is 0.410 e. The van der Waals surface area contributed by atoms with E-state index in [-0.39, 0.29) is 48.7 Å². The van der Waals surface area contributed by atoms with Gasteiger partial charge in [-0.05, 0) is 43.6 Å². The number of nitrogens with one attached hydrogen (secondary N) is 1. The van der Waals surface area contributed by atoms with Crippen LogP contribution in [0.25, 0.3) is 0 Å². The Balaban J connectivity index is 1.18. The fraction of sp³-hybridized carbons (Fsp3) is 0.536. The molecule has 0 bridgehead atoms. The average molecular weight is 522 g/mol. The minimum atomic E-state index is -0.345. The van der Waals surface area contributed by atoms with Crippen LogP contribution in [-0.4, -0.2) is 69.6 Å². The molecule has 1 aromatic heterocycles. The van der Waals surface area contributed by atoms with Crippen molar-refractivity contribution in [3.63, 3.8) is 0 Å². The molecule has 38 heavy (non-hydrogen) atoms. The van der Waals surface area contributed by atoms with Gasteiger partial charge in [0.1, 0.15) is 6.61 Å². The number of benzene rings is 1. The number of hydrogen-bond acceptors (Lipinski definition) is 6. The Bertz CT molecular complexity index is 1190. The summed E-state index contributed by atoms with van der Waals surface area (Å²) >= 11 is 0. The van der Waals surface area contributed by atoms with Gasteiger partial charge >= 0.3 is 6.09 Å². The van der Waals surface area contributed by atoms with Gasteiger partial charge in [-0.15, -0.1) is 0 Å². The molecular formula is C28H35N5O5. The van der Waals surface area contributed by atoms with E-state index in [1.165, 1.54) is 0 Å². The fourth-order valence-electron chi connectivity index (χ4n) is 5.89. The Morgan fingerprint density at radius 2 is 1.82 bits per heavy atom. The molecule has 1 aromatic carbocycles. The second kappa shape index (κ2) is 11.4. The van der Waals surface area contributed by atoms with Crippen LogP contribution in [-0.2, 0) is 28.0 Å². The third-order valence-corrected chi connectivity index (χ3v) is 7.94. The standard InChI is InChI=1S/C28H35N5O5/c1-31-17-23(27(36)32-12-9-19(10-13-32)14-22-15-24(34)29-26(22)35)25(30-31)21-8-5-11-33(16-21)28(37)38-18-20-6-3-2-4-7-20/h2-4,6-7,17,19,21-22H,5,8-16,18H2,1H3,(H,29,34,35). The van der Waals surface area contributed by atoms with E-state index in [1.807, 2.05) is 42.3 Å². The maximum atomic E-state index is 13.6. The van der Waals surface area contributed by atoms with Crippen LogP contribution in [0.5, 0.6) is 0 Å². The van der Waals surface area contributed by atoms with Crippen LogP contribution in [0.4, 0.5) is 4.79 Å². The molecule has 202 valence electrons. The van der Waals surface area contributed by atoms with Gasteiger partial charge in [0, 0.05) is 57.7 Å². The van der Waals surface area contributed by atoms with Crippen molar-refractivity contribution in [1.29, 1.82) is 0 Å². The highest BCUT2D eigenvalue weighted by Gasteiger charge is 2.36. The molecule has 5 rings (SSSR count). The number of piperidine rings is 2. The number of carbonyl (C=O) groups is 4. The monoisotopic (exact) mass is 521 g/mol. The van der Waals surface area contributed by atoms with Crippen molar-refractivity contribution in [2.24, 2.45) is 18.9 Å². The molecule has 10 heteroatoms. The van der Waals surface area contributed by atoms with Crippen LogP contribution in [0.3, 0.4) is 0 Å². The third kappa shape index (κ3) is 5.89. The molecule has 0 saturated carbocycles. The molecule has 10 nitrogen and oxygen atoms in total. The van der Waals surface area contributed by atoms with E-state index < -0.39 is 0 Å². The topological polar surface area (TPSA) is 114 Å². The van der Waals surface area contributed by atoms with Crippen molar-refractivity contribution in [3.05, 3.63) is 53.3 Å². The number of hydrogen-bond donors (Lipinski definition) is 1. The zero-order chi connectivity index (χ0) is 26.6. The van der Waals surface area contributed by atoms with Gasteiger partial charge in [0.2, 0.25) is 11.8 Å². The summed E-state index contributed by atoms with van der Waals surface area (Å²) in [6, 6.07) is 9.60. The molecule has 2 aromatic rings. The van der Waals surface area contributed by atoms with Gasteiger partial charge in [0.15, 0.2) is 0 Å². The minimum Gasteiger partial charge on any atom is -0.445 e. The van der Waals surface area contributed by atoms with Gasteiger partial charge in [-0.1, -0.05) is 30.3 Å². The zero-order valence-corrected chi connectivity index (χ0v) is 21.8. The second-order valence-corrected chi connectivity index (χ2v) is 10.7. The summed E-state index contributed by atoms with van der Waals surface area (Å²) in [5.41, 5.74) is 2.27. The zero-order valence-electron chi connectivity index (χ0n) is 21.8. The molecule has 3 saturated heterocycles. The Labute approximate surface area is 222 Å². The number of aryl methyl sites for hydroxylation is 1. The van der Waals surface area contributed by atoms with Crippen molar-refractivity contribution < 1.29 is 23.9 Å². The second-order valence-electron chi connectivity index (χ2n) is 10.7. The van der Waals surface area contributed by atoms with Gasteiger partial charge in [-0.3, -0.25) is 24.4 Å². The maximum absolute atomic E-state index is 13.6. The van der Waals surface area contributed by atoms with E-state index in [2.05, 4.69) is 10.4 Å². The number of ether oxygens (including phenoxy) is 1. The Morgan fingerprint density at radius 3 is 2.53 bits per heavy atom. The number of nitrogens with zero attached hydrogens (tertiary/aromatic N) is 4. The lowest BCUT2D eigenvalue weighted by Gasteiger charge is -2.34. The van der Waals surface area contributed by atoms with E-state index >= 15 is 0 Å². The van der Waals surface area contributed by atoms with Crippen LogP contribution in [0.15, 0.2) is 36.5 Å². The maximum Gasteiger partial charge on any atom is 0.410 e. The average Bonchev–Trinajstić information content (AvgIpc) is 3.48. The number of imide groups is 1. The lowest BCUT2D eigenvalue weighted by Crippen LogP contribution is -2.41. The fourth-order valence-corrected chi connectivity index (χ4v) is 5.89. The van der Waals surface area contributed by atoms with Crippen molar-refractivity contribution in [1.82, 2.24) is 24.9 Å². The van der Waals surface area contributed by atoms with Crippen molar-refractivity contribution in [2.75, 3.05) is 26.2 Å². The van der Waals surface area contributed by atoms with E-state index in [1.54, 1.807) is 15.8 Å². The molecule has 4 heterocycles. The third-order valence-electron chi connectivity index (χ3n) is 7.94. The van der Waals surface area contributed by atoms with Crippen LogP contribution in [0.1, 0.15) is 66.1 Å². The molecule has 0 radical (unpaired) electrons. The Kier molecular flexibility index (Phi) is 7.76. The molecule has 0 aliphatic carbocycles. The summed E-state index contributed by atoms with van der Waals surface area (Å²) < 4.78 is 7.22. The van der Waals surface area contributed by atoms with Crippen LogP contribution < -0.4 is 5.32 Å². The Hall–Kier alpha value is -3.69. The van der Waals surface area contributed by atoms with Crippen molar-refractivity contribution in [2.45, 2.75) is 51.0 Å². The quantitative estimate of drug-likeness (QED) is 0.585. The normalized spacial score (nSPS) is 22.4. The van der Waals surface area contributed by atoms with Gasteiger partial charge in [0.05, 0.1) is 11.3 Å². The largest absolute Gasteiger partial charge is 0.445 e. The number of aromatic nitrogens is 2. The van der Waals surface area contributed by atoms with E-state index in [4.69, 9.17) is 4.74 Å². The van der Waals surface area contributed by atoms with Crippen LogP contribution >= 0.6 is 0 Å². The molecule has 3 fully saturated rings. The number of rotatable bonds is 6. The van der Waals surface area contributed by atoms with Crippen LogP contribution in [0, 0.1) is 11.8 Å². The Morgan fingerprint density at radius 1 is 1.05 bits per heavy atom. The highest BCUT2D eigenvalue weighted by molar-refractivity contribution is 6.03. The molecule has 1 N–H and O–H groups in total. The molecule has 0 spiro atoms. The molecule has 3 aliphatic rings. The molecule has 4 amide bonds. The SMILES string of the molecule is Cn1cc(C(=O)N2CCC(CC3CC(=O)NC3=O)CC2)c(C2CCCN(C(=O)OCc3ccccc3)C2)n1. The van der Waals surface area contributed by atoms with Gasteiger partial charge in [-0.2, -0.15) is 5.10 Å². The molecular weight excluding hydrogens is 486 g/mol. The van der Waals surface area contributed by atoms with E-state index in [0.717, 1.165) is 36.9 Å². The van der Waals surface area contributed by atoms with Crippen molar-refractivity contribution >= 4 is 23.8 Å². The predicted molar refractivity (Wildman–Crippen MR) is 138 cm³/mol. The van der Waals surface area contributed by atoms with Gasteiger partial charge in [-0.25, -0.2) is 4.79 Å². The highest BCUT2D eigenvalue weighted by Crippen LogP contribution is 2.32. The highest BCUT2D eigenvalue weighted by atomic mass is 16.6. The minimum absolute atomic E-state index is 0.0378. The summed E-state index contributed by atoms with van der Waals surface area (Å²) in [6.45, 7) is 2.55. The summed E-state index contributed by atoms with van der Waals surface area (Å²) in [4.78, 5) is 53.3. The van der Waals surface area contributed by atoms with E-state index in [0.29, 0.717) is 44.1 Å². The van der Waals surface area contributed by atoms with Gasteiger partial charge in [0.25, 0.3) is 5.91 Å². The first-order valence-corrected chi connectivity index (χ1v) is 13.5. The lowest BCUT2D eigenvalue weighted by atomic mass is 9.86. The molecule has 2 atom stereocenters. The van der Waals surface area contributed by atoms with Crippen LogP contribution in [0.2, 0.25) is 0 Å². The number of amides is 4.